The van der Waals surface area contributed by atoms with E-state index in [1.165, 1.54) is 0 Å². The van der Waals surface area contributed by atoms with Crippen LogP contribution >= 0.6 is 11.6 Å². The van der Waals surface area contributed by atoms with Crippen molar-refractivity contribution in [2.75, 3.05) is 12.3 Å². The molecule has 0 unspecified atom stereocenters. The molecule has 5 heteroatoms. The van der Waals surface area contributed by atoms with E-state index in [1.807, 2.05) is 0 Å². The van der Waals surface area contributed by atoms with Crippen LogP contribution in [0.4, 0.5) is 0 Å². The van der Waals surface area contributed by atoms with E-state index in [-0.39, 0.29) is 10.6 Å². The van der Waals surface area contributed by atoms with Crippen molar-refractivity contribution in [2.24, 2.45) is 0 Å². The highest BCUT2D eigenvalue weighted by molar-refractivity contribution is 7.91. The first-order valence-corrected chi connectivity index (χ1v) is 8.17. The third-order valence-electron chi connectivity index (χ3n) is 2.56. The Morgan fingerprint density at radius 1 is 1.22 bits per heavy atom. The number of benzene rings is 1. The van der Waals surface area contributed by atoms with E-state index in [1.54, 1.807) is 24.3 Å². The van der Waals surface area contributed by atoms with E-state index in [2.05, 4.69) is 19.2 Å². The Kier molecular flexibility index (Phi) is 6.12. The summed E-state index contributed by atoms with van der Waals surface area (Å²) in [5, 5.41) is 3.57. The van der Waals surface area contributed by atoms with Gasteiger partial charge in [0.05, 0.1) is 15.7 Å². The molecule has 3 nitrogen and oxygen atoms in total. The fourth-order valence-electron chi connectivity index (χ4n) is 1.61. The van der Waals surface area contributed by atoms with Gasteiger partial charge in [0.1, 0.15) is 0 Å². The van der Waals surface area contributed by atoms with Crippen LogP contribution in [0.25, 0.3) is 0 Å². The fraction of sp³-hybridized carbons (Fsp3) is 0.538. The largest absolute Gasteiger partial charge is 0.315 e. The summed E-state index contributed by atoms with van der Waals surface area (Å²) in [6, 6.07) is 7.02. The summed E-state index contributed by atoms with van der Waals surface area (Å²) >= 11 is 5.90. The molecule has 0 amide bonds. The Hall–Kier alpha value is -0.580. The Bertz CT molecular complexity index is 472. The van der Waals surface area contributed by atoms with Crippen molar-refractivity contribution < 1.29 is 8.42 Å². The molecule has 0 saturated heterocycles. The molecule has 0 aliphatic heterocycles. The van der Waals surface area contributed by atoms with E-state index in [0.717, 1.165) is 13.0 Å². The zero-order valence-corrected chi connectivity index (χ0v) is 12.4. The predicted molar refractivity (Wildman–Crippen MR) is 75.9 cm³/mol. The maximum Gasteiger partial charge on any atom is 0.179 e. The molecule has 0 atom stereocenters. The van der Waals surface area contributed by atoms with Gasteiger partial charge in [0.15, 0.2) is 9.84 Å². The van der Waals surface area contributed by atoms with Gasteiger partial charge in [0.25, 0.3) is 0 Å². The molecule has 0 bridgehead atoms. The van der Waals surface area contributed by atoms with Gasteiger partial charge in [0, 0.05) is 6.04 Å². The normalized spacial score (nSPS) is 12.0. The summed E-state index contributed by atoms with van der Waals surface area (Å²) in [5.74, 6) is 0.149. The van der Waals surface area contributed by atoms with Gasteiger partial charge in [-0.1, -0.05) is 37.6 Å². The standard InChI is InChI=1S/C13H20ClNO2S/c1-11(2)15-9-5-6-10-18(16,17)13-8-4-3-7-12(13)14/h3-4,7-8,11,15H,5-6,9-10H2,1-2H3. The fourth-order valence-corrected chi connectivity index (χ4v) is 3.56. The lowest BCUT2D eigenvalue weighted by molar-refractivity contribution is 0.560. The van der Waals surface area contributed by atoms with Crippen LogP contribution in [0.3, 0.4) is 0 Å². The van der Waals surface area contributed by atoms with Crippen molar-refractivity contribution in [1.29, 1.82) is 0 Å². The second kappa shape index (κ2) is 7.12. The van der Waals surface area contributed by atoms with Crippen LogP contribution in [0, 0.1) is 0 Å². The number of sulfone groups is 1. The molecule has 1 rings (SSSR count). The molecule has 1 aromatic rings. The van der Waals surface area contributed by atoms with Crippen LogP contribution in [-0.2, 0) is 9.84 Å². The quantitative estimate of drug-likeness (QED) is 0.785. The smallest absolute Gasteiger partial charge is 0.179 e. The van der Waals surface area contributed by atoms with Crippen LogP contribution < -0.4 is 5.32 Å². The molecule has 0 radical (unpaired) electrons. The minimum absolute atomic E-state index is 0.149. The van der Waals surface area contributed by atoms with Crippen LogP contribution in [0.15, 0.2) is 29.2 Å². The average molecular weight is 290 g/mol. The summed E-state index contributed by atoms with van der Waals surface area (Å²) in [5.41, 5.74) is 0. The molecule has 18 heavy (non-hydrogen) atoms. The molecule has 0 saturated carbocycles. The Labute approximate surface area is 114 Å². The molecule has 0 spiro atoms. The van der Waals surface area contributed by atoms with Crippen molar-refractivity contribution in [3.63, 3.8) is 0 Å². The van der Waals surface area contributed by atoms with Crippen molar-refractivity contribution in [3.8, 4) is 0 Å². The third kappa shape index (κ3) is 4.96. The molecule has 0 fully saturated rings. The van der Waals surface area contributed by atoms with E-state index in [9.17, 15) is 8.42 Å². The number of hydrogen-bond acceptors (Lipinski definition) is 3. The summed E-state index contributed by atoms with van der Waals surface area (Å²) in [4.78, 5) is 0.239. The van der Waals surface area contributed by atoms with Crippen LogP contribution in [-0.4, -0.2) is 26.8 Å². The molecule has 1 aromatic carbocycles. The topological polar surface area (TPSA) is 46.2 Å². The zero-order valence-electron chi connectivity index (χ0n) is 10.8. The Balaban J connectivity index is 2.49. The summed E-state index contributed by atoms with van der Waals surface area (Å²) in [6.45, 7) is 4.98. The van der Waals surface area contributed by atoms with Crippen LogP contribution in [0.5, 0.6) is 0 Å². The number of halogens is 1. The summed E-state index contributed by atoms with van der Waals surface area (Å²) < 4.78 is 24.1. The molecular formula is C13H20ClNO2S. The van der Waals surface area contributed by atoms with E-state index < -0.39 is 9.84 Å². The highest BCUT2D eigenvalue weighted by atomic mass is 35.5. The molecule has 0 aliphatic carbocycles. The maximum absolute atomic E-state index is 12.0. The number of unbranched alkanes of at least 4 members (excludes halogenated alkanes) is 1. The first-order valence-electron chi connectivity index (χ1n) is 6.14. The van der Waals surface area contributed by atoms with Gasteiger partial charge in [-0.05, 0) is 31.5 Å². The summed E-state index contributed by atoms with van der Waals surface area (Å²) in [7, 11) is -3.25. The van der Waals surface area contributed by atoms with Gasteiger partial charge >= 0.3 is 0 Å². The lowest BCUT2D eigenvalue weighted by Crippen LogP contribution is -2.24. The first-order chi connectivity index (χ1) is 8.43. The van der Waals surface area contributed by atoms with Crippen molar-refractivity contribution in [3.05, 3.63) is 29.3 Å². The van der Waals surface area contributed by atoms with Crippen molar-refractivity contribution >= 4 is 21.4 Å². The highest BCUT2D eigenvalue weighted by Gasteiger charge is 2.16. The Morgan fingerprint density at radius 2 is 1.89 bits per heavy atom. The number of hydrogen-bond donors (Lipinski definition) is 1. The summed E-state index contributed by atoms with van der Waals surface area (Å²) in [6.07, 6.45) is 1.50. The molecule has 0 aliphatic rings. The van der Waals surface area contributed by atoms with Gasteiger partial charge in [0.2, 0.25) is 0 Å². The first kappa shape index (κ1) is 15.5. The van der Waals surface area contributed by atoms with Crippen LogP contribution in [0.1, 0.15) is 26.7 Å². The second-order valence-electron chi connectivity index (χ2n) is 4.57. The van der Waals surface area contributed by atoms with Gasteiger partial charge in [-0.2, -0.15) is 0 Å². The van der Waals surface area contributed by atoms with E-state index in [4.69, 9.17) is 11.6 Å². The van der Waals surface area contributed by atoms with Gasteiger partial charge in [-0.15, -0.1) is 0 Å². The lowest BCUT2D eigenvalue weighted by Gasteiger charge is -2.08. The maximum atomic E-state index is 12.0. The number of nitrogens with one attached hydrogen (secondary N) is 1. The van der Waals surface area contributed by atoms with Gasteiger partial charge < -0.3 is 5.32 Å². The number of rotatable bonds is 7. The molecule has 0 aromatic heterocycles. The van der Waals surface area contributed by atoms with Gasteiger partial charge in [-0.25, -0.2) is 8.42 Å². The average Bonchev–Trinajstić information content (AvgIpc) is 2.28. The van der Waals surface area contributed by atoms with E-state index in [0.29, 0.717) is 17.5 Å². The molecule has 0 heterocycles. The molecular weight excluding hydrogens is 270 g/mol. The Morgan fingerprint density at radius 3 is 2.50 bits per heavy atom. The zero-order chi connectivity index (χ0) is 13.6. The van der Waals surface area contributed by atoms with Crippen LogP contribution in [0.2, 0.25) is 5.02 Å². The van der Waals surface area contributed by atoms with Gasteiger partial charge in [-0.3, -0.25) is 0 Å². The molecule has 102 valence electrons. The lowest BCUT2D eigenvalue weighted by atomic mass is 10.3. The molecule has 1 N–H and O–H groups in total. The SMILES string of the molecule is CC(C)NCCCCS(=O)(=O)c1ccccc1Cl. The predicted octanol–water partition coefficient (Wildman–Crippen LogP) is 2.89. The van der Waals surface area contributed by atoms with Crippen molar-refractivity contribution in [2.45, 2.75) is 37.6 Å². The highest BCUT2D eigenvalue weighted by Crippen LogP contribution is 2.22. The minimum Gasteiger partial charge on any atom is -0.315 e. The second-order valence-corrected chi connectivity index (χ2v) is 7.05. The van der Waals surface area contributed by atoms with E-state index >= 15 is 0 Å². The monoisotopic (exact) mass is 289 g/mol. The van der Waals surface area contributed by atoms with Crippen molar-refractivity contribution in [1.82, 2.24) is 5.32 Å². The minimum atomic E-state index is -3.25. The third-order valence-corrected chi connectivity index (χ3v) is 4.86.